The number of carbonyl (C=O) groups is 8. The Bertz CT molecular complexity index is 3230. The molecule has 22 heteroatoms. The Morgan fingerprint density at radius 3 is 1.35 bits per heavy atom. The van der Waals surface area contributed by atoms with Crippen LogP contribution in [0.4, 0.5) is 9.59 Å². The summed E-state index contributed by atoms with van der Waals surface area (Å²) in [6.07, 6.45) is 0.729. The average molecular weight is 1300 g/mol. The number of likely N-dealkylation sites (N-methyl/N-ethyl adjacent to an activating group) is 2. The second kappa shape index (κ2) is 28.1. The summed E-state index contributed by atoms with van der Waals surface area (Å²) >= 11 is 3.20. The fourth-order valence-electron chi connectivity index (χ4n) is 13.1. The lowest BCUT2D eigenvalue weighted by atomic mass is 9.83. The number of benzene rings is 3. The van der Waals surface area contributed by atoms with Gasteiger partial charge in [0.15, 0.2) is 0 Å². The van der Waals surface area contributed by atoms with Crippen molar-refractivity contribution in [2.45, 2.75) is 204 Å². The van der Waals surface area contributed by atoms with E-state index >= 15 is 0 Å². The maximum absolute atomic E-state index is 14.8. The molecule has 4 aliphatic heterocycles. The predicted octanol–water partition coefficient (Wildman–Crippen LogP) is 7.65. The number of fused-ring (bicyclic) bond motifs is 4. The van der Waals surface area contributed by atoms with Crippen molar-refractivity contribution in [2.75, 3.05) is 38.8 Å². The van der Waals surface area contributed by atoms with E-state index in [1.54, 1.807) is 88.7 Å². The van der Waals surface area contributed by atoms with E-state index in [2.05, 4.69) is 44.9 Å². The molecule has 0 unspecified atom stereocenters. The summed E-state index contributed by atoms with van der Waals surface area (Å²) in [5.74, 6) is 11.6. The molecule has 494 valence electrons. The zero-order chi connectivity index (χ0) is 66.8. The van der Waals surface area contributed by atoms with Gasteiger partial charge in [-0.3, -0.25) is 38.6 Å². The van der Waals surface area contributed by atoms with Crippen LogP contribution in [-0.4, -0.2) is 176 Å². The van der Waals surface area contributed by atoms with E-state index in [0.717, 1.165) is 33.4 Å². The molecule has 0 radical (unpaired) electrons. The highest BCUT2D eigenvalue weighted by molar-refractivity contribution is 8.00. The van der Waals surface area contributed by atoms with Crippen molar-refractivity contribution in [3.05, 3.63) is 106 Å². The highest BCUT2D eigenvalue weighted by atomic mass is 32.2. The highest BCUT2D eigenvalue weighted by Gasteiger charge is 2.57. The molecule has 6 aliphatic rings. The molecule has 0 spiro atoms. The molecule has 0 saturated carbocycles. The fraction of sp³-hybridized carbons (Fsp3) is 0.571. The number of nitrogens with one attached hydrogen (secondary N) is 4. The van der Waals surface area contributed by atoms with Gasteiger partial charge in [-0.25, -0.2) is 9.59 Å². The van der Waals surface area contributed by atoms with Gasteiger partial charge in [0.05, 0.1) is 35.0 Å². The molecular formula is C70H90N8O12S2. The first kappa shape index (κ1) is 69.1. The van der Waals surface area contributed by atoms with Gasteiger partial charge in [0.2, 0.25) is 35.4 Å². The molecule has 2 aliphatic carbocycles. The third-order valence-corrected chi connectivity index (χ3v) is 20.5. The minimum absolute atomic E-state index is 0.0678. The Hall–Kier alpha value is -7.24. The Morgan fingerprint density at radius 1 is 0.587 bits per heavy atom. The second-order valence-corrected chi connectivity index (χ2v) is 30.8. The van der Waals surface area contributed by atoms with Gasteiger partial charge in [-0.2, -0.15) is 0 Å². The normalized spacial score (nSPS) is 25.8. The predicted molar refractivity (Wildman–Crippen MR) is 352 cm³/mol. The summed E-state index contributed by atoms with van der Waals surface area (Å²) in [5, 5.41) is 11.8. The molecule has 4 heterocycles. The van der Waals surface area contributed by atoms with Crippen LogP contribution in [-0.2, 0) is 60.6 Å². The van der Waals surface area contributed by atoms with Crippen molar-refractivity contribution in [2.24, 2.45) is 10.8 Å². The Morgan fingerprint density at radius 2 is 0.967 bits per heavy atom. The number of nitrogens with zero attached hydrogens (tertiary/aromatic N) is 4. The second-order valence-electron chi connectivity index (χ2n) is 28.2. The van der Waals surface area contributed by atoms with E-state index in [-0.39, 0.29) is 47.6 Å². The number of amides is 8. The van der Waals surface area contributed by atoms with Crippen molar-refractivity contribution in [3.63, 3.8) is 0 Å². The maximum atomic E-state index is 14.8. The minimum atomic E-state index is -0.926. The van der Waals surface area contributed by atoms with Crippen LogP contribution in [0, 0.1) is 34.5 Å². The van der Waals surface area contributed by atoms with Crippen molar-refractivity contribution in [1.29, 1.82) is 0 Å². The van der Waals surface area contributed by atoms with Crippen LogP contribution in [0.1, 0.15) is 154 Å². The van der Waals surface area contributed by atoms with E-state index in [1.807, 2.05) is 100 Å². The molecule has 0 aromatic heterocycles. The van der Waals surface area contributed by atoms with Gasteiger partial charge in [0.25, 0.3) is 0 Å². The number of ether oxygens (including phenoxy) is 4. The van der Waals surface area contributed by atoms with Crippen molar-refractivity contribution in [1.82, 2.24) is 40.9 Å². The van der Waals surface area contributed by atoms with Crippen LogP contribution in [0.3, 0.4) is 0 Å². The summed E-state index contributed by atoms with van der Waals surface area (Å²) in [5.41, 5.74) is 2.64. The summed E-state index contributed by atoms with van der Waals surface area (Å²) in [6, 6.07) is 16.9. The topological polar surface area (TPSA) is 235 Å². The van der Waals surface area contributed by atoms with E-state index in [4.69, 9.17) is 18.9 Å². The number of hydrogen-bond acceptors (Lipinski definition) is 14. The van der Waals surface area contributed by atoms with Crippen LogP contribution in [0.5, 0.6) is 0 Å². The smallest absolute Gasteiger partial charge is 0.410 e. The van der Waals surface area contributed by atoms with Gasteiger partial charge in [0, 0.05) is 38.1 Å². The fourth-order valence-corrected chi connectivity index (χ4v) is 16.3. The first-order chi connectivity index (χ1) is 43.3. The molecule has 9 rings (SSSR count). The lowest BCUT2D eigenvalue weighted by Crippen LogP contribution is -2.58. The van der Waals surface area contributed by atoms with E-state index in [0.29, 0.717) is 50.0 Å². The molecule has 92 heavy (non-hydrogen) atoms. The summed E-state index contributed by atoms with van der Waals surface area (Å²) < 4.78 is 23.9. The van der Waals surface area contributed by atoms with Crippen molar-refractivity contribution < 1.29 is 57.3 Å². The molecular weight excluding hydrogens is 1210 g/mol. The first-order valence-corrected chi connectivity index (χ1v) is 33.9. The number of thioether (sulfide) groups is 2. The number of rotatable bonds is 14. The molecule has 4 fully saturated rings. The Kier molecular flexibility index (Phi) is 21.1. The third-order valence-electron chi connectivity index (χ3n) is 18.0. The lowest BCUT2D eigenvalue weighted by Gasteiger charge is -2.35. The minimum Gasteiger partial charge on any atom is -0.444 e. The Balaban J connectivity index is 0.811. The average Bonchev–Trinajstić information content (AvgIpc) is 1.60. The zero-order valence-corrected chi connectivity index (χ0v) is 57.1. The van der Waals surface area contributed by atoms with Crippen molar-refractivity contribution in [3.8, 4) is 23.7 Å². The Labute approximate surface area is 550 Å². The molecule has 4 saturated heterocycles. The SMILES string of the molecule is C[C@@H](C(=O)N[C@H]1CCS[C@H]2CC(C)(C)[C@@H](C(=O)N[C@H]3c4ccccc4C[C@H]3OCC#Cc3cccc(C#CCO[C@@H]4Cc5ccccc5[C@@H]4NC(=O)[C@H]4N5C(=O)[C@@H](NC(=O)[C@H](C)N(C)C(=O)OC(C)(C)C)CCS[C@H]5CC4(C)C)c3)N2C1=O)N(C)C(=O)OC(C)(C)C. The molecule has 20 nitrogen and oxygen atoms in total. The molecule has 0 bridgehead atoms. The summed E-state index contributed by atoms with van der Waals surface area (Å²) in [6.45, 7) is 21.8. The zero-order valence-electron chi connectivity index (χ0n) is 55.4. The molecule has 4 N–H and O–H groups in total. The van der Waals surface area contributed by atoms with E-state index in [9.17, 15) is 38.4 Å². The largest absolute Gasteiger partial charge is 0.444 e. The van der Waals surface area contributed by atoms with Crippen LogP contribution < -0.4 is 21.3 Å². The van der Waals surface area contributed by atoms with Gasteiger partial charge >= 0.3 is 12.2 Å². The lowest BCUT2D eigenvalue weighted by molar-refractivity contribution is -0.144. The van der Waals surface area contributed by atoms with Crippen LogP contribution in [0.25, 0.3) is 0 Å². The van der Waals surface area contributed by atoms with Crippen LogP contribution in [0.15, 0.2) is 72.8 Å². The summed E-state index contributed by atoms with van der Waals surface area (Å²) in [4.78, 5) is 117. The molecule has 3 aromatic rings. The van der Waals surface area contributed by atoms with Gasteiger partial charge < -0.3 is 50.0 Å². The number of carbonyl (C=O) groups excluding carboxylic acids is 8. The van der Waals surface area contributed by atoms with E-state index < -0.39 is 107 Å². The third kappa shape index (κ3) is 15.9. The van der Waals surface area contributed by atoms with Crippen LogP contribution in [0.2, 0.25) is 0 Å². The standard InChI is InChI=1S/C70H90N8O12S2/c1-41(75(13)65(85)89-67(3,4)5)59(79)71-49-30-34-91-53-39-69(9,10)57(77(53)63(49)83)61(81)73-55-47-28-17-15-26-45(47)37-51(55)87-32-20-24-43-22-19-23-44(36-43)25-21-33-88-52-38-46-27-16-18-29-48(46)56(52)74-62(82)58-70(11,12)40-54-78(58)64(84)50(31-35-92-54)72-60(80)42(2)76(14)66(86)90-68(6,7)8/h15-19,22-23,26-29,36,41-42,49-58H,30-35,37-40H2,1-14H3,(H,71,79)(H,72,80)(H,73,81)(H,74,82)/t41-,42-,49-,50-,51+,52+,53-,54-,55-,56-,57+,58+/m0/s1. The molecule has 8 amide bonds. The quantitative estimate of drug-likeness (QED) is 0.114. The highest BCUT2D eigenvalue weighted by Crippen LogP contribution is 2.49. The van der Waals surface area contributed by atoms with Gasteiger partial charge in [-0.15, -0.1) is 23.5 Å². The first-order valence-electron chi connectivity index (χ1n) is 31.8. The van der Waals surface area contributed by atoms with Gasteiger partial charge in [-0.1, -0.05) is 106 Å². The van der Waals surface area contributed by atoms with Gasteiger partial charge in [-0.05, 0) is 144 Å². The maximum Gasteiger partial charge on any atom is 0.410 e. The monoisotopic (exact) mass is 1300 g/mol. The van der Waals surface area contributed by atoms with Crippen LogP contribution >= 0.6 is 23.5 Å². The summed E-state index contributed by atoms with van der Waals surface area (Å²) in [7, 11) is 2.97. The molecule has 12 atom stereocenters. The van der Waals surface area contributed by atoms with Crippen molar-refractivity contribution >= 4 is 71.2 Å². The number of hydrogen-bond donors (Lipinski definition) is 4. The molecule has 3 aromatic carbocycles. The van der Waals surface area contributed by atoms with E-state index in [1.165, 1.54) is 23.9 Å². The van der Waals surface area contributed by atoms with Gasteiger partial charge in [0.1, 0.15) is 60.7 Å².